The van der Waals surface area contributed by atoms with E-state index in [1.165, 1.54) is 63.1 Å². The number of unbranched alkanes of at least 4 members (excludes halogenated alkanes) is 7. The van der Waals surface area contributed by atoms with Gasteiger partial charge in [-0.15, -0.1) is 0 Å². The van der Waals surface area contributed by atoms with Crippen molar-refractivity contribution in [2.75, 3.05) is 0 Å². The molecule has 1 unspecified atom stereocenters. The van der Waals surface area contributed by atoms with Crippen molar-refractivity contribution >= 4 is 11.9 Å². The highest BCUT2D eigenvalue weighted by Gasteiger charge is 2.19. The van der Waals surface area contributed by atoms with E-state index in [1.807, 2.05) is 0 Å². The van der Waals surface area contributed by atoms with Crippen molar-refractivity contribution in [2.24, 2.45) is 5.92 Å². The third kappa shape index (κ3) is 7.72. The van der Waals surface area contributed by atoms with Crippen LogP contribution in [-0.2, 0) is 6.42 Å². The van der Waals surface area contributed by atoms with Crippen LogP contribution in [0.3, 0.4) is 0 Å². The van der Waals surface area contributed by atoms with Crippen LogP contribution < -0.4 is 0 Å². The largest absolute Gasteiger partial charge is 0.478 e. The summed E-state index contributed by atoms with van der Waals surface area (Å²) in [6, 6.07) is 4.49. The first-order chi connectivity index (χ1) is 12.0. The normalized spacial score (nSPS) is 12.1. The van der Waals surface area contributed by atoms with Crippen molar-refractivity contribution in [1.29, 1.82) is 0 Å². The minimum Gasteiger partial charge on any atom is -0.478 e. The number of aromatic carboxylic acids is 2. The number of carboxylic acid groups (broad SMARTS) is 2. The van der Waals surface area contributed by atoms with E-state index < -0.39 is 11.9 Å². The second-order valence-corrected chi connectivity index (χ2v) is 7.01. The summed E-state index contributed by atoms with van der Waals surface area (Å²) in [6.45, 7) is 4.30. The molecule has 2 N–H and O–H groups in total. The second kappa shape index (κ2) is 11.7. The summed E-state index contributed by atoms with van der Waals surface area (Å²) in [5.41, 5.74) is 0.680. The summed E-state index contributed by atoms with van der Waals surface area (Å²) in [6.07, 6.45) is 11.6. The molecular weight excluding hydrogens is 316 g/mol. The van der Waals surface area contributed by atoms with E-state index in [0.29, 0.717) is 12.0 Å². The summed E-state index contributed by atoms with van der Waals surface area (Å²) in [4.78, 5) is 22.8. The van der Waals surface area contributed by atoms with Gasteiger partial charge in [0.15, 0.2) is 0 Å². The molecule has 0 heterocycles. The molecule has 1 rings (SSSR count). The van der Waals surface area contributed by atoms with Crippen LogP contribution in [0.1, 0.15) is 97.9 Å². The van der Waals surface area contributed by atoms with Gasteiger partial charge in [-0.3, -0.25) is 0 Å². The van der Waals surface area contributed by atoms with E-state index in [4.69, 9.17) is 0 Å². The Morgan fingerprint density at radius 2 is 1.36 bits per heavy atom. The van der Waals surface area contributed by atoms with Crippen LogP contribution in [0, 0.1) is 5.92 Å². The second-order valence-electron chi connectivity index (χ2n) is 7.01. The fourth-order valence-corrected chi connectivity index (χ4v) is 3.28. The van der Waals surface area contributed by atoms with Crippen molar-refractivity contribution in [2.45, 2.75) is 78.1 Å². The number of hydrogen-bond donors (Lipinski definition) is 2. The van der Waals surface area contributed by atoms with Crippen LogP contribution >= 0.6 is 0 Å². The molecule has 25 heavy (non-hydrogen) atoms. The minimum absolute atomic E-state index is 0.114. The van der Waals surface area contributed by atoms with Crippen molar-refractivity contribution in [3.05, 3.63) is 34.9 Å². The fraction of sp³-hybridized carbons (Fsp3) is 0.619. The van der Waals surface area contributed by atoms with Crippen LogP contribution in [0.25, 0.3) is 0 Å². The lowest BCUT2D eigenvalue weighted by Gasteiger charge is -2.15. The molecular formula is C21H32O4. The molecule has 4 heteroatoms. The van der Waals surface area contributed by atoms with Gasteiger partial charge in [-0.25, -0.2) is 9.59 Å². The lowest BCUT2D eigenvalue weighted by atomic mass is 9.89. The van der Waals surface area contributed by atoms with Gasteiger partial charge in [0.2, 0.25) is 0 Å². The van der Waals surface area contributed by atoms with Crippen LogP contribution in [0.15, 0.2) is 18.2 Å². The molecule has 0 aliphatic carbocycles. The van der Waals surface area contributed by atoms with E-state index in [1.54, 1.807) is 0 Å². The maximum absolute atomic E-state index is 11.4. The molecule has 0 bridgehead atoms. The zero-order valence-corrected chi connectivity index (χ0v) is 15.6. The van der Waals surface area contributed by atoms with Crippen molar-refractivity contribution in [3.63, 3.8) is 0 Å². The zero-order valence-electron chi connectivity index (χ0n) is 15.6. The third-order valence-electron chi connectivity index (χ3n) is 4.74. The number of rotatable bonds is 13. The summed E-state index contributed by atoms with van der Waals surface area (Å²) in [5.74, 6) is -1.84. The Balaban J connectivity index is 2.47. The Bertz CT molecular complexity index is 519. The molecule has 0 amide bonds. The van der Waals surface area contributed by atoms with E-state index in [9.17, 15) is 19.8 Å². The number of benzene rings is 1. The molecule has 0 saturated carbocycles. The first kappa shape index (κ1) is 21.2. The summed E-state index contributed by atoms with van der Waals surface area (Å²) in [5, 5.41) is 18.7. The average Bonchev–Trinajstić information content (AvgIpc) is 2.57. The Morgan fingerprint density at radius 3 is 1.84 bits per heavy atom. The van der Waals surface area contributed by atoms with Crippen molar-refractivity contribution in [1.82, 2.24) is 0 Å². The van der Waals surface area contributed by atoms with E-state index >= 15 is 0 Å². The van der Waals surface area contributed by atoms with E-state index in [-0.39, 0.29) is 17.0 Å². The van der Waals surface area contributed by atoms with Crippen LogP contribution in [0.2, 0.25) is 0 Å². The topological polar surface area (TPSA) is 74.6 Å². The standard InChI is InChI=1S/C21H32O4/c1-3-4-5-6-7-8-9-10-12-16(2)15-19-17(20(22)23)13-11-14-18(19)21(24)25/h11,13-14,16H,3-10,12,15H2,1-2H3,(H,22,23)(H,24,25). The number of carboxylic acids is 2. The Labute approximate surface area is 151 Å². The molecule has 1 aromatic carbocycles. The van der Waals surface area contributed by atoms with Crippen LogP contribution in [0.5, 0.6) is 0 Å². The maximum Gasteiger partial charge on any atom is 0.335 e. The van der Waals surface area contributed by atoms with E-state index in [2.05, 4.69) is 13.8 Å². The molecule has 0 spiro atoms. The zero-order chi connectivity index (χ0) is 18.7. The van der Waals surface area contributed by atoms with Gasteiger partial charge in [0.25, 0.3) is 0 Å². The molecule has 1 aromatic rings. The Hall–Kier alpha value is -1.84. The molecule has 4 nitrogen and oxygen atoms in total. The van der Waals surface area contributed by atoms with Gasteiger partial charge in [-0.2, -0.15) is 0 Å². The molecule has 140 valence electrons. The molecule has 0 aliphatic heterocycles. The van der Waals surface area contributed by atoms with Gasteiger partial charge in [-0.1, -0.05) is 77.7 Å². The monoisotopic (exact) mass is 348 g/mol. The lowest BCUT2D eigenvalue weighted by molar-refractivity contribution is 0.0695. The highest BCUT2D eigenvalue weighted by molar-refractivity contribution is 5.96. The first-order valence-electron chi connectivity index (χ1n) is 9.55. The molecule has 0 aliphatic rings. The Kier molecular flexibility index (Phi) is 9.90. The lowest BCUT2D eigenvalue weighted by Crippen LogP contribution is -2.13. The minimum atomic E-state index is -1.06. The highest BCUT2D eigenvalue weighted by atomic mass is 16.4. The predicted octanol–water partition coefficient (Wildman–Crippen LogP) is 5.79. The van der Waals surface area contributed by atoms with Gasteiger partial charge in [0.1, 0.15) is 0 Å². The number of hydrogen-bond acceptors (Lipinski definition) is 2. The maximum atomic E-state index is 11.4. The first-order valence-corrected chi connectivity index (χ1v) is 9.55. The van der Waals surface area contributed by atoms with Gasteiger partial charge in [0, 0.05) is 0 Å². The predicted molar refractivity (Wildman–Crippen MR) is 100 cm³/mol. The van der Waals surface area contributed by atoms with Crippen LogP contribution in [0.4, 0.5) is 0 Å². The highest BCUT2D eigenvalue weighted by Crippen LogP contribution is 2.23. The molecule has 0 saturated heterocycles. The quantitative estimate of drug-likeness (QED) is 0.442. The molecule has 0 radical (unpaired) electrons. The van der Waals surface area contributed by atoms with Gasteiger partial charge < -0.3 is 10.2 Å². The van der Waals surface area contributed by atoms with Crippen molar-refractivity contribution < 1.29 is 19.8 Å². The summed E-state index contributed by atoms with van der Waals surface area (Å²) in [7, 11) is 0. The van der Waals surface area contributed by atoms with Gasteiger partial charge in [-0.05, 0) is 30.0 Å². The smallest absolute Gasteiger partial charge is 0.335 e. The average molecular weight is 348 g/mol. The number of carbonyl (C=O) groups is 2. The van der Waals surface area contributed by atoms with Gasteiger partial charge in [0.05, 0.1) is 11.1 Å². The summed E-state index contributed by atoms with van der Waals surface area (Å²) < 4.78 is 0. The Morgan fingerprint density at radius 1 is 0.880 bits per heavy atom. The molecule has 1 atom stereocenters. The molecule has 0 fully saturated rings. The fourth-order valence-electron chi connectivity index (χ4n) is 3.28. The SMILES string of the molecule is CCCCCCCCCCC(C)Cc1c(C(=O)O)cccc1C(=O)O. The van der Waals surface area contributed by atoms with Crippen LogP contribution in [-0.4, -0.2) is 22.2 Å². The van der Waals surface area contributed by atoms with Crippen molar-refractivity contribution in [3.8, 4) is 0 Å². The third-order valence-corrected chi connectivity index (χ3v) is 4.74. The van der Waals surface area contributed by atoms with E-state index in [0.717, 1.165) is 12.8 Å². The van der Waals surface area contributed by atoms with Gasteiger partial charge >= 0.3 is 11.9 Å². The summed E-state index contributed by atoms with van der Waals surface area (Å²) >= 11 is 0. The molecule has 0 aromatic heterocycles.